The summed E-state index contributed by atoms with van der Waals surface area (Å²) in [5.41, 5.74) is 2.19. The Bertz CT molecular complexity index is 600. The quantitative estimate of drug-likeness (QED) is 0.875. The summed E-state index contributed by atoms with van der Waals surface area (Å²) in [4.78, 5) is 0. The van der Waals surface area contributed by atoms with Crippen LogP contribution in [0.15, 0.2) is 46.9 Å². The van der Waals surface area contributed by atoms with Crippen LogP contribution >= 0.6 is 15.9 Å². The van der Waals surface area contributed by atoms with Crippen molar-refractivity contribution in [1.29, 1.82) is 0 Å². The largest absolute Gasteiger partial charge is 0.394 e. The zero-order valence-corrected chi connectivity index (χ0v) is 13.0. The van der Waals surface area contributed by atoms with E-state index in [4.69, 9.17) is 0 Å². The Kier molecular flexibility index (Phi) is 4.45. The molecule has 4 heteroatoms. The zero-order valence-electron chi connectivity index (χ0n) is 11.5. The number of nitrogens with one attached hydrogen (secondary N) is 1. The van der Waals surface area contributed by atoms with Gasteiger partial charge in [0.1, 0.15) is 5.82 Å². The molecule has 0 radical (unpaired) electrons. The van der Waals surface area contributed by atoms with E-state index in [1.807, 2.05) is 38.1 Å². The summed E-state index contributed by atoms with van der Waals surface area (Å²) in [5.74, 6) is -0.309. The van der Waals surface area contributed by atoms with E-state index in [0.29, 0.717) is 4.47 Å². The first-order valence-corrected chi connectivity index (χ1v) is 7.15. The lowest BCUT2D eigenvalue weighted by Gasteiger charge is -2.31. The Hall–Kier alpha value is -1.39. The number of hydrogen-bond acceptors (Lipinski definition) is 2. The molecule has 2 nitrogen and oxygen atoms in total. The van der Waals surface area contributed by atoms with E-state index in [1.165, 1.54) is 17.7 Å². The molecule has 2 aromatic carbocycles. The van der Waals surface area contributed by atoms with E-state index in [2.05, 4.69) is 21.2 Å². The smallest absolute Gasteiger partial charge is 0.124 e. The number of aryl methyl sites for hydroxylation is 1. The van der Waals surface area contributed by atoms with E-state index in [0.717, 1.165) is 11.3 Å². The molecule has 0 amide bonds. The van der Waals surface area contributed by atoms with Gasteiger partial charge in [-0.3, -0.25) is 0 Å². The molecule has 0 saturated carbocycles. The van der Waals surface area contributed by atoms with Gasteiger partial charge < -0.3 is 10.4 Å². The molecule has 0 bridgehead atoms. The molecule has 1 atom stereocenters. The highest BCUT2D eigenvalue weighted by Crippen LogP contribution is 2.32. The van der Waals surface area contributed by atoms with Gasteiger partial charge in [0.15, 0.2) is 0 Å². The second-order valence-electron chi connectivity index (χ2n) is 5.11. The molecule has 0 spiro atoms. The maximum Gasteiger partial charge on any atom is 0.124 e. The highest BCUT2D eigenvalue weighted by atomic mass is 79.9. The number of aliphatic hydroxyl groups excluding tert-OH is 1. The van der Waals surface area contributed by atoms with Crippen LogP contribution in [0.3, 0.4) is 0 Å². The molecule has 0 fully saturated rings. The minimum absolute atomic E-state index is 0.106. The molecule has 0 aliphatic carbocycles. The molecular weight excluding hydrogens is 321 g/mol. The monoisotopic (exact) mass is 337 g/mol. The maximum atomic E-state index is 13.2. The van der Waals surface area contributed by atoms with Crippen molar-refractivity contribution in [2.24, 2.45) is 0 Å². The predicted octanol–water partition coefficient (Wildman–Crippen LogP) is 4.22. The van der Waals surface area contributed by atoms with Crippen LogP contribution in [0.4, 0.5) is 10.1 Å². The Balaban J connectivity index is 2.35. The summed E-state index contributed by atoms with van der Waals surface area (Å²) < 4.78 is 13.8. The summed E-state index contributed by atoms with van der Waals surface area (Å²) in [6, 6.07) is 12.4. The van der Waals surface area contributed by atoms with E-state index in [9.17, 15) is 9.50 Å². The van der Waals surface area contributed by atoms with Crippen molar-refractivity contribution >= 4 is 21.6 Å². The number of hydrogen-bond donors (Lipinski definition) is 2. The van der Waals surface area contributed by atoms with Crippen LogP contribution in [0.5, 0.6) is 0 Å². The first kappa shape index (κ1) is 15.0. The van der Waals surface area contributed by atoms with Crippen LogP contribution in [0.1, 0.15) is 18.1 Å². The van der Waals surface area contributed by atoms with Crippen molar-refractivity contribution < 1.29 is 9.50 Å². The summed E-state index contributed by atoms with van der Waals surface area (Å²) in [5, 5.41) is 13.1. The number of anilines is 1. The van der Waals surface area contributed by atoms with Crippen molar-refractivity contribution in [3.63, 3.8) is 0 Å². The topological polar surface area (TPSA) is 32.3 Å². The van der Waals surface area contributed by atoms with Gasteiger partial charge in [-0.1, -0.05) is 39.7 Å². The number of halogens is 2. The Morgan fingerprint density at radius 1 is 1.20 bits per heavy atom. The van der Waals surface area contributed by atoms with Gasteiger partial charge in [0.05, 0.1) is 12.1 Å². The van der Waals surface area contributed by atoms with Crippen LogP contribution in [-0.2, 0) is 5.54 Å². The first-order chi connectivity index (χ1) is 9.44. The molecule has 0 aliphatic rings. The lowest BCUT2D eigenvalue weighted by molar-refractivity contribution is 0.223. The maximum absolute atomic E-state index is 13.2. The lowest BCUT2D eigenvalue weighted by Crippen LogP contribution is -2.36. The second-order valence-corrected chi connectivity index (χ2v) is 5.96. The van der Waals surface area contributed by atoms with Gasteiger partial charge in [0.25, 0.3) is 0 Å². The molecule has 2 N–H and O–H groups in total. The summed E-state index contributed by atoms with van der Waals surface area (Å²) >= 11 is 3.36. The van der Waals surface area contributed by atoms with Crippen molar-refractivity contribution in [3.05, 3.63) is 63.9 Å². The minimum Gasteiger partial charge on any atom is -0.394 e. The van der Waals surface area contributed by atoms with Crippen LogP contribution in [0.2, 0.25) is 0 Å². The van der Waals surface area contributed by atoms with Gasteiger partial charge in [-0.2, -0.15) is 0 Å². The van der Waals surface area contributed by atoms with Gasteiger partial charge in [-0.25, -0.2) is 4.39 Å². The van der Waals surface area contributed by atoms with E-state index >= 15 is 0 Å². The Labute approximate surface area is 126 Å². The van der Waals surface area contributed by atoms with Gasteiger partial charge in [-0.15, -0.1) is 0 Å². The Morgan fingerprint density at radius 2 is 1.85 bits per heavy atom. The fourth-order valence-electron chi connectivity index (χ4n) is 2.08. The predicted molar refractivity (Wildman–Crippen MR) is 83.3 cm³/mol. The van der Waals surface area contributed by atoms with Crippen molar-refractivity contribution in [3.8, 4) is 0 Å². The van der Waals surface area contributed by atoms with Gasteiger partial charge >= 0.3 is 0 Å². The average Bonchev–Trinajstić information content (AvgIpc) is 2.41. The van der Waals surface area contributed by atoms with Crippen LogP contribution in [0.25, 0.3) is 0 Å². The van der Waals surface area contributed by atoms with E-state index in [1.54, 1.807) is 6.07 Å². The average molecular weight is 338 g/mol. The molecule has 2 rings (SSSR count). The lowest BCUT2D eigenvalue weighted by atomic mass is 9.92. The minimum atomic E-state index is -0.693. The molecular formula is C16H17BrFNO. The highest BCUT2D eigenvalue weighted by Gasteiger charge is 2.28. The van der Waals surface area contributed by atoms with Crippen LogP contribution < -0.4 is 5.32 Å². The number of rotatable bonds is 4. The summed E-state index contributed by atoms with van der Waals surface area (Å²) in [6.07, 6.45) is 0. The van der Waals surface area contributed by atoms with Crippen molar-refractivity contribution in [2.45, 2.75) is 19.4 Å². The third kappa shape index (κ3) is 3.19. The molecule has 0 saturated heterocycles. The highest BCUT2D eigenvalue weighted by molar-refractivity contribution is 9.10. The molecule has 0 aromatic heterocycles. The zero-order chi connectivity index (χ0) is 14.8. The first-order valence-electron chi connectivity index (χ1n) is 6.36. The normalized spacial score (nSPS) is 13.8. The van der Waals surface area contributed by atoms with Gasteiger partial charge in [0.2, 0.25) is 0 Å². The molecule has 20 heavy (non-hydrogen) atoms. The third-order valence-corrected chi connectivity index (χ3v) is 3.97. The number of benzene rings is 2. The van der Waals surface area contributed by atoms with Crippen molar-refractivity contribution in [1.82, 2.24) is 0 Å². The van der Waals surface area contributed by atoms with E-state index in [-0.39, 0.29) is 12.4 Å². The standard InChI is InChI=1S/C16H17BrFNO/c1-11-3-6-13(7-4-11)19-16(2,10-20)14-8-5-12(18)9-15(14)17/h3-9,19-20H,10H2,1-2H3. The second kappa shape index (κ2) is 5.94. The molecule has 0 aliphatic heterocycles. The molecule has 2 aromatic rings. The SMILES string of the molecule is Cc1ccc(NC(C)(CO)c2ccc(F)cc2Br)cc1. The van der Waals surface area contributed by atoms with Crippen LogP contribution in [-0.4, -0.2) is 11.7 Å². The summed E-state index contributed by atoms with van der Waals surface area (Å²) in [7, 11) is 0. The molecule has 1 unspecified atom stereocenters. The van der Waals surface area contributed by atoms with Crippen LogP contribution in [0, 0.1) is 12.7 Å². The van der Waals surface area contributed by atoms with Crippen molar-refractivity contribution in [2.75, 3.05) is 11.9 Å². The van der Waals surface area contributed by atoms with Gasteiger partial charge in [0, 0.05) is 10.2 Å². The molecule has 106 valence electrons. The number of aliphatic hydroxyl groups is 1. The Morgan fingerprint density at radius 3 is 2.40 bits per heavy atom. The summed E-state index contributed by atoms with van der Waals surface area (Å²) in [6.45, 7) is 3.79. The molecule has 0 heterocycles. The fourth-order valence-corrected chi connectivity index (χ4v) is 2.87. The fraction of sp³-hybridized carbons (Fsp3) is 0.250. The van der Waals surface area contributed by atoms with E-state index < -0.39 is 5.54 Å². The third-order valence-electron chi connectivity index (χ3n) is 3.31. The van der Waals surface area contributed by atoms with Gasteiger partial charge in [-0.05, 0) is 43.7 Å².